The van der Waals surface area contributed by atoms with Crippen LogP contribution in [-0.4, -0.2) is 0 Å². The monoisotopic (exact) mass is 559 g/mol. The fourth-order valence-electron chi connectivity index (χ4n) is 1.44. The summed E-state index contributed by atoms with van der Waals surface area (Å²) in [5, 5.41) is 0. The van der Waals surface area contributed by atoms with Crippen LogP contribution in [0.5, 0.6) is 0 Å². The van der Waals surface area contributed by atoms with Gasteiger partial charge in [0.05, 0.1) is 0 Å². The van der Waals surface area contributed by atoms with E-state index < -0.39 is 0 Å². The number of para-hydroxylation sites is 3. The summed E-state index contributed by atoms with van der Waals surface area (Å²) in [5.41, 5.74) is 18.3. The molecule has 0 amide bonds. The van der Waals surface area contributed by atoms with Crippen molar-refractivity contribution in [1.82, 2.24) is 0 Å². The first-order valence-corrected chi connectivity index (χ1v) is 8.19. The summed E-state index contributed by atoms with van der Waals surface area (Å²) in [4.78, 5) is 2.19. The van der Waals surface area contributed by atoms with E-state index in [2.05, 4.69) is 0 Å². The van der Waals surface area contributed by atoms with Crippen LogP contribution in [0.2, 0.25) is 0 Å². The first-order valence-electron chi connectivity index (χ1n) is 6.96. The van der Waals surface area contributed by atoms with Crippen molar-refractivity contribution in [3.05, 3.63) is 72.8 Å². The number of hydrogen-bond acceptors (Lipinski definition) is 6. The number of hydrogen-bond donors (Lipinski definition) is 3. The van der Waals surface area contributed by atoms with E-state index in [0.717, 1.165) is 14.7 Å². The van der Waals surface area contributed by atoms with Crippen LogP contribution < -0.4 is 17.2 Å². The molecule has 3 aromatic rings. The molecular weight excluding hydrogens is 541 g/mol. The number of rotatable bonds is 0. The van der Waals surface area contributed by atoms with Crippen molar-refractivity contribution >= 4 is 54.9 Å². The molecule has 3 rings (SSSR count). The molecule has 3 aromatic carbocycles. The molecule has 130 valence electrons. The van der Waals surface area contributed by atoms with E-state index in [1.54, 1.807) is 18.2 Å². The van der Waals surface area contributed by atoms with Crippen LogP contribution >= 0.6 is 0 Å². The Kier molecular flexibility index (Phi) is 11.9. The molecule has 0 atom stereocenters. The largest absolute Gasteiger partial charge is 3.00 e. The van der Waals surface area contributed by atoms with Gasteiger partial charge in [-0.2, -0.15) is 14.7 Å². The molecule has 0 saturated carbocycles. The van der Waals surface area contributed by atoms with Crippen LogP contribution in [0.4, 0.5) is 17.1 Å². The summed E-state index contributed by atoms with van der Waals surface area (Å²) in [6.07, 6.45) is 0. The van der Waals surface area contributed by atoms with Crippen molar-refractivity contribution in [3.8, 4) is 0 Å². The fraction of sp³-hybridized carbons (Fsp3) is 0. The van der Waals surface area contributed by atoms with E-state index >= 15 is 0 Å². The van der Waals surface area contributed by atoms with E-state index in [0.29, 0.717) is 17.1 Å². The van der Waals surface area contributed by atoms with Crippen molar-refractivity contribution in [1.29, 1.82) is 0 Å². The van der Waals surface area contributed by atoms with Gasteiger partial charge in [0.2, 0.25) is 0 Å². The van der Waals surface area contributed by atoms with Crippen molar-refractivity contribution in [2.24, 2.45) is 0 Å². The van der Waals surface area contributed by atoms with Crippen LogP contribution in [0.15, 0.2) is 87.5 Å². The van der Waals surface area contributed by atoms with Crippen LogP contribution in [0, 0.1) is 0 Å². The minimum Gasteiger partial charge on any atom is -0.778 e. The van der Waals surface area contributed by atoms with Crippen molar-refractivity contribution in [2.75, 3.05) is 17.2 Å². The second-order valence-corrected chi connectivity index (χ2v) is 5.93. The van der Waals surface area contributed by atoms with Gasteiger partial charge in [0.25, 0.3) is 0 Å². The van der Waals surface area contributed by atoms with E-state index in [4.69, 9.17) is 55.1 Å². The Morgan fingerprint density at radius 3 is 0.760 bits per heavy atom. The van der Waals surface area contributed by atoms with Gasteiger partial charge in [0.15, 0.2) is 0 Å². The quantitative estimate of drug-likeness (QED) is 0.290. The van der Waals surface area contributed by atoms with Gasteiger partial charge in [-0.25, -0.2) is 0 Å². The number of nitrogens with two attached hydrogens (primary N) is 3. The minimum absolute atomic E-state index is 0. The molecule has 0 unspecified atom stereocenters. The number of benzene rings is 3. The van der Waals surface area contributed by atoms with E-state index in [9.17, 15) is 0 Å². The van der Waals surface area contributed by atoms with Gasteiger partial charge >= 0.3 is 20.4 Å². The van der Waals surface area contributed by atoms with E-state index in [-0.39, 0.29) is 20.4 Å². The zero-order chi connectivity index (χ0) is 17.9. The van der Waals surface area contributed by atoms with Crippen LogP contribution in [0.3, 0.4) is 0 Å². The SMILES string of the molecule is Nc1ccccc1[S-].Nc1ccccc1[S-].Nc1ccccc1[S-].[Re+3]. The Labute approximate surface area is 179 Å². The first kappa shape index (κ1) is 23.4. The molecule has 0 bridgehead atoms. The Balaban J connectivity index is 0.000000339. The average molecular weight is 559 g/mol. The maximum atomic E-state index is 5.42. The summed E-state index contributed by atoms with van der Waals surface area (Å²) >= 11 is 14.5. The zero-order valence-electron chi connectivity index (χ0n) is 13.3. The van der Waals surface area contributed by atoms with Gasteiger partial charge in [-0.15, -0.1) is 0 Å². The summed E-state index contributed by atoms with van der Waals surface area (Å²) < 4.78 is 0. The molecule has 0 fully saturated rings. The van der Waals surface area contributed by atoms with Crippen molar-refractivity contribution in [3.63, 3.8) is 0 Å². The molecule has 0 spiro atoms. The maximum absolute atomic E-state index is 5.42. The van der Waals surface area contributed by atoms with Gasteiger partial charge in [-0.3, -0.25) is 0 Å². The molecule has 0 radical (unpaired) electrons. The normalized spacial score (nSPS) is 8.64. The minimum atomic E-state index is 0. The molecule has 25 heavy (non-hydrogen) atoms. The average Bonchev–Trinajstić information content (AvgIpc) is 2.57. The fourth-order valence-corrected chi connectivity index (χ4v) is 1.88. The van der Waals surface area contributed by atoms with Crippen molar-refractivity contribution in [2.45, 2.75) is 14.7 Å². The van der Waals surface area contributed by atoms with Gasteiger partial charge in [-0.05, 0) is 18.2 Å². The molecule has 6 N–H and O–H groups in total. The second-order valence-electron chi connectivity index (χ2n) is 4.61. The van der Waals surface area contributed by atoms with E-state index in [1.165, 1.54) is 0 Å². The predicted octanol–water partition coefficient (Wildman–Crippen LogP) is 3.52. The van der Waals surface area contributed by atoms with Crippen LogP contribution in [0.25, 0.3) is 0 Å². The zero-order valence-corrected chi connectivity index (χ0v) is 18.4. The first-order chi connectivity index (χ1) is 11.4. The third kappa shape index (κ3) is 9.44. The molecule has 0 aromatic heterocycles. The summed E-state index contributed by atoms with van der Waals surface area (Å²) in [6, 6.07) is 22.0. The topological polar surface area (TPSA) is 78.1 Å². The van der Waals surface area contributed by atoms with E-state index in [1.807, 2.05) is 54.6 Å². The second kappa shape index (κ2) is 12.7. The number of nitrogen functional groups attached to an aromatic ring is 3. The van der Waals surface area contributed by atoms with Gasteiger partial charge in [-0.1, -0.05) is 54.6 Å². The molecule has 0 saturated heterocycles. The predicted molar refractivity (Wildman–Crippen MR) is 109 cm³/mol. The van der Waals surface area contributed by atoms with Gasteiger partial charge in [0, 0.05) is 17.1 Å². The molecule has 7 heteroatoms. The van der Waals surface area contributed by atoms with Crippen molar-refractivity contribution < 1.29 is 20.4 Å². The number of anilines is 3. The molecule has 0 heterocycles. The Bertz CT molecular complexity index is 603. The molecule has 3 nitrogen and oxygen atoms in total. The third-order valence-electron chi connectivity index (χ3n) is 2.76. The Morgan fingerprint density at radius 1 is 0.440 bits per heavy atom. The molecule has 0 aliphatic carbocycles. The summed E-state index contributed by atoms with van der Waals surface area (Å²) in [5.74, 6) is 0. The summed E-state index contributed by atoms with van der Waals surface area (Å²) in [6.45, 7) is 0. The van der Waals surface area contributed by atoms with Gasteiger partial charge in [0.1, 0.15) is 0 Å². The molecule has 0 aliphatic rings. The van der Waals surface area contributed by atoms with Gasteiger partial charge < -0.3 is 55.1 Å². The summed E-state index contributed by atoms with van der Waals surface area (Å²) in [7, 11) is 0. The third-order valence-corrected chi connectivity index (χ3v) is 3.87. The molecular formula is C18H18N3ReS3. The Hall–Kier alpha value is -1.62. The van der Waals surface area contributed by atoms with Crippen LogP contribution in [-0.2, 0) is 58.3 Å². The van der Waals surface area contributed by atoms with Crippen LogP contribution in [0.1, 0.15) is 0 Å². The smallest absolute Gasteiger partial charge is 0.778 e. The maximum Gasteiger partial charge on any atom is 3.00 e. The molecule has 0 aliphatic heterocycles. The standard InChI is InChI=1S/3C6H7NS.Re/c3*7-5-3-1-2-4-6(5)8;/h3*1-4,8H,7H2;/q;;;+3/p-3. The Morgan fingerprint density at radius 2 is 0.640 bits per heavy atom.